The molecule has 0 aromatic heterocycles. The van der Waals surface area contributed by atoms with Gasteiger partial charge in [0.15, 0.2) is 0 Å². The second kappa shape index (κ2) is 7.90. The summed E-state index contributed by atoms with van der Waals surface area (Å²) in [6.45, 7) is 6.57. The summed E-state index contributed by atoms with van der Waals surface area (Å²) in [4.78, 5) is 0. The van der Waals surface area contributed by atoms with Crippen molar-refractivity contribution in [1.82, 2.24) is 5.32 Å². The summed E-state index contributed by atoms with van der Waals surface area (Å²) in [7, 11) is 0. The van der Waals surface area contributed by atoms with Crippen LogP contribution in [0.3, 0.4) is 0 Å². The molecular formula is C17H27NO3. The van der Waals surface area contributed by atoms with E-state index in [1.165, 1.54) is 0 Å². The van der Waals surface area contributed by atoms with E-state index in [1.54, 1.807) is 0 Å². The van der Waals surface area contributed by atoms with E-state index in [0.29, 0.717) is 19.8 Å². The van der Waals surface area contributed by atoms with Crippen LogP contribution in [0.2, 0.25) is 0 Å². The largest absolute Gasteiger partial charge is 0.389 e. The van der Waals surface area contributed by atoms with E-state index in [2.05, 4.69) is 12.2 Å². The number of nitrogens with one attached hydrogen (secondary N) is 1. The fraction of sp³-hybridized carbons (Fsp3) is 0.647. The molecule has 1 aromatic rings. The quantitative estimate of drug-likeness (QED) is 0.810. The lowest BCUT2D eigenvalue weighted by Crippen LogP contribution is -2.51. The SMILES string of the molecule is CC(OCC(O)CNC1(C)CCCOC1)c1ccccc1. The number of aliphatic hydroxyl groups is 1. The van der Waals surface area contributed by atoms with Crippen LogP contribution in [-0.4, -0.2) is 43.1 Å². The molecular weight excluding hydrogens is 266 g/mol. The lowest BCUT2D eigenvalue weighted by molar-refractivity contribution is -0.0143. The number of hydrogen-bond donors (Lipinski definition) is 2. The molecule has 1 aromatic carbocycles. The Bertz CT molecular complexity index is 404. The Kier molecular flexibility index (Phi) is 6.18. The zero-order valence-corrected chi connectivity index (χ0v) is 13.0. The van der Waals surface area contributed by atoms with Crippen molar-refractivity contribution >= 4 is 0 Å². The highest BCUT2D eigenvalue weighted by atomic mass is 16.5. The van der Waals surface area contributed by atoms with Gasteiger partial charge < -0.3 is 19.9 Å². The minimum absolute atomic E-state index is 0.00514. The van der Waals surface area contributed by atoms with Crippen molar-refractivity contribution in [2.24, 2.45) is 0 Å². The van der Waals surface area contributed by atoms with Gasteiger partial charge in [0.2, 0.25) is 0 Å². The minimum atomic E-state index is -0.505. The highest BCUT2D eigenvalue weighted by Gasteiger charge is 2.27. The molecule has 2 N–H and O–H groups in total. The molecule has 3 unspecified atom stereocenters. The summed E-state index contributed by atoms with van der Waals surface area (Å²) in [5.41, 5.74) is 1.11. The lowest BCUT2D eigenvalue weighted by Gasteiger charge is -2.35. The van der Waals surface area contributed by atoms with Crippen molar-refractivity contribution in [3.63, 3.8) is 0 Å². The summed E-state index contributed by atoms with van der Waals surface area (Å²) in [6.07, 6.45) is 1.65. The van der Waals surface area contributed by atoms with Gasteiger partial charge in [0.05, 0.1) is 25.4 Å². The fourth-order valence-electron chi connectivity index (χ4n) is 2.57. The number of benzene rings is 1. The molecule has 0 bridgehead atoms. The van der Waals surface area contributed by atoms with E-state index in [1.807, 2.05) is 37.3 Å². The van der Waals surface area contributed by atoms with Crippen LogP contribution in [0.25, 0.3) is 0 Å². The third-order valence-corrected chi connectivity index (χ3v) is 4.01. The van der Waals surface area contributed by atoms with Crippen LogP contribution in [0, 0.1) is 0 Å². The molecule has 2 rings (SSSR count). The number of hydrogen-bond acceptors (Lipinski definition) is 4. The Morgan fingerprint density at radius 3 is 2.81 bits per heavy atom. The summed E-state index contributed by atoms with van der Waals surface area (Å²) in [6, 6.07) is 10.1. The molecule has 21 heavy (non-hydrogen) atoms. The highest BCUT2D eigenvalue weighted by Crippen LogP contribution is 2.19. The zero-order valence-electron chi connectivity index (χ0n) is 13.0. The van der Waals surface area contributed by atoms with E-state index in [-0.39, 0.29) is 11.6 Å². The summed E-state index contributed by atoms with van der Waals surface area (Å²) in [5.74, 6) is 0. The molecule has 0 aliphatic carbocycles. The Labute approximate surface area is 127 Å². The Morgan fingerprint density at radius 2 is 2.14 bits per heavy atom. The van der Waals surface area contributed by atoms with Gasteiger partial charge in [-0.15, -0.1) is 0 Å². The number of aliphatic hydroxyl groups excluding tert-OH is 1. The Hall–Kier alpha value is -0.940. The van der Waals surface area contributed by atoms with Gasteiger partial charge in [0, 0.05) is 18.7 Å². The van der Waals surface area contributed by atoms with Crippen LogP contribution in [0.4, 0.5) is 0 Å². The van der Waals surface area contributed by atoms with E-state index in [9.17, 15) is 5.11 Å². The molecule has 0 saturated carbocycles. The Balaban J connectivity index is 1.68. The van der Waals surface area contributed by atoms with Gasteiger partial charge in [-0.3, -0.25) is 0 Å². The van der Waals surface area contributed by atoms with Crippen LogP contribution >= 0.6 is 0 Å². The predicted molar refractivity (Wildman–Crippen MR) is 83.3 cm³/mol. The van der Waals surface area contributed by atoms with Crippen LogP contribution in [-0.2, 0) is 9.47 Å². The van der Waals surface area contributed by atoms with Crippen molar-refractivity contribution in [3.05, 3.63) is 35.9 Å². The maximum Gasteiger partial charge on any atom is 0.0898 e. The smallest absolute Gasteiger partial charge is 0.0898 e. The summed E-state index contributed by atoms with van der Waals surface area (Å²) in [5, 5.41) is 13.5. The van der Waals surface area contributed by atoms with E-state index in [4.69, 9.17) is 9.47 Å². The van der Waals surface area contributed by atoms with Crippen molar-refractivity contribution in [3.8, 4) is 0 Å². The zero-order chi connectivity index (χ0) is 15.1. The Morgan fingerprint density at radius 1 is 1.38 bits per heavy atom. The first-order valence-corrected chi connectivity index (χ1v) is 7.76. The molecule has 0 amide bonds. The molecule has 0 radical (unpaired) electrons. The second-order valence-electron chi connectivity index (χ2n) is 6.14. The molecule has 1 aliphatic rings. The number of ether oxygens (including phenoxy) is 2. The van der Waals surface area contributed by atoms with Crippen molar-refractivity contribution in [2.75, 3.05) is 26.4 Å². The first-order valence-electron chi connectivity index (χ1n) is 7.76. The maximum atomic E-state index is 10.1. The molecule has 0 spiro atoms. The first-order chi connectivity index (χ1) is 10.1. The van der Waals surface area contributed by atoms with E-state index >= 15 is 0 Å². The van der Waals surface area contributed by atoms with Gasteiger partial charge in [0.25, 0.3) is 0 Å². The third-order valence-electron chi connectivity index (χ3n) is 4.01. The number of rotatable bonds is 7. The molecule has 1 saturated heterocycles. The van der Waals surface area contributed by atoms with Gasteiger partial charge in [-0.25, -0.2) is 0 Å². The number of β-amino-alcohol motifs (C(OH)–C–C–N with tert-alkyl or cyclic N) is 1. The average Bonchev–Trinajstić information content (AvgIpc) is 2.52. The molecule has 1 heterocycles. The van der Waals surface area contributed by atoms with E-state index in [0.717, 1.165) is 25.0 Å². The average molecular weight is 293 g/mol. The van der Waals surface area contributed by atoms with Crippen LogP contribution < -0.4 is 5.32 Å². The minimum Gasteiger partial charge on any atom is -0.389 e. The van der Waals surface area contributed by atoms with Crippen molar-refractivity contribution in [2.45, 2.75) is 44.4 Å². The van der Waals surface area contributed by atoms with Gasteiger partial charge in [-0.05, 0) is 32.3 Å². The van der Waals surface area contributed by atoms with Gasteiger partial charge in [-0.2, -0.15) is 0 Å². The fourth-order valence-corrected chi connectivity index (χ4v) is 2.57. The van der Waals surface area contributed by atoms with Crippen molar-refractivity contribution < 1.29 is 14.6 Å². The van der Waals surface area contributed by atoms with Gasteiger partial charge in [0.1, 0.15) is 0 Å². The molecule has 1 fully saturated rings. The maximum absolute atomic E-state index is 10.1. The standard InChI is InChI=1S/C17H27NO3/c1-14(15-7-4-3-5-8-15)21-12-16(19)11-18-17(2)9-6-10-20-13-17/h3-5,7-8,14,16,18-19H,6,9-13H2,1-2H3. The molecule has 3 atom stereocenters. The topological polar surface area (TPSA) is 50.7 Å². The molecule has 4 heteroatoms. The molecule has 4 nitrogen and oxygen atoms in total. The predicted octanol–water partition coefficient (Wildman–Crippen LogP) is 2.28. The van der Waals surface area contributed by atoms with Crippen LogP contribution in [0.1, 0.15) is 38.4 Å². The van der Waals surface area contributed by atoms with Crippen LogP contribution in [0.15, 0.2) is 30.3 Å². The van der Waals surface area contributed by atoms with Crippen LogP contribution in [0.5, 0.6) is 0 Å². The summed E-state index contributed by atoms with van der Waals surface area (Å²) < 4.78 is 11.2. The monoisotopic (exact) mass is 293 g/mol. The third kappa shape index (κ3) is 5.40. The second-order valence-corrected chi connectivity index (χ2v) is 6.14. The van der Waals surface area contributed by atoms with Gasteiger partial charge >= 0.3 is 0 Å². The lowest BCUT2D eigenvalue weighted by atomic mass is 9.95. The van der Waals surface area contributed by atoms with E-state index < -0.39 is 6.10 Å². The molecule has 1 aliphatic heterocycles. The van der Waals surface area contributed by atoms with Gasteiger partial charge in [-0.1, -0.05) is 30.3 Å². The van der Waals surface area contributed by atoms with Crippen molar-refractivity contribution in [1.29, 1.82) is 0 Å². The molecule has 118 valence electrons. The summed E-state index contributed by atoms with van der Waals surface area (Å²) >= 11 is 0. The highest BCUT2D eigenvalue weighted by molar-refractivity contribution is 5.16. The first kappa shape index (κ1) is 16.4. The normalized spacial score (nSPS) is 25.5.